The summed E-state index contributed by atoms with van der Waals surface area (Å²) >= 11 is 0. The van der Waals surface area contributed by atoms with Crippen molar-refractivity contribution < 1.29 is 13.2 Å². The summed E-state index contributed by atoms with van der Waals surface area (Å²) in [4.78, 5) is 3.12. The molecule has 0 saturated heterocycles. The first-order valence-corrected chi connectivity index (χ1v) is 5.99. The zero-order chi connectivity index (χ0) is 13.6. The van der Waals surface area contributed by atoms with Crippen LogP contribution in [0.1, 0.15) is 29.7 Å². The molecule has 0 fully saturated rings. The molecule has 0 radical (unpaired) electrons. The van der Waals surface area contributed by atoms with E-state index in [-0.39, 0.29) is 0 Å². The number of aromatic nitrogens is 1. The molecule has 1 aromatic carbocycles. The second kappa shape index (κ2) is 4.01. The SMILES string of the molecule is NN=C1CCCc2c1[nH]c1ccc(C(F)(F)F)cc21. The lowest BCUT2D eigenvalue weighted by atomic mass is 9.93. The summed E-state index contributed by atoms with van der Waals surface area (Å²) in [7, 11) is 0. The monoisotopic (exact) mass is 267 g/mol. The van der Waals surface area contributed by atoms with Gasteiger partial charge in [0.1, 0.15) is 0 Å². The van der Waals surface area contributed by atoms with Crippen molar-refractivity contribution in [3.05, 3.63) is 35.0 Å². The van der Waals surface area contributed by atoms with E-state index in [4.69, 9.17) is 5.84 Å². The number of rotatable bonds is 0. The molecule has 0 amide bonds. The number of nitrogens with one attached hydrogen (secondary N) is 1. The largest absolute Gasteiger partial charge is 0.416 e. The number of halogens is 3. The highest BCUT2D eigenvalue weighted by atomic mass is 19.4. The molecule has 6 heteroatoms. The third-order valence-corrected chi connectivity index (χ3v) is 3.52. The van der Waals surface area contributed by atoms with Gasteiger partial charge >= 0.3 is 6.18 Å². The summed E-state index contributed by atoms with van der Waals surface area (Å²) in [6.45, 7) is 0. The second-order valence-electron chi connectivity index (χ2n) is 4.67. The molecular formula is C13H12F3N3. The van der Waals surface area contributed by atoms with Crippen LogP contribution in [0.5, 0.6) is 0 Å². The van der Waals surface area contributed by atoms with E-state index in [0.29, 0.717) is 10.9 Å². The lowest BCUT2D eigenvalue weighted by Gasteiger charge is -2.13. The highest BCUT2D eigenvalue weighted by Crippen LogP contribution is 2.35. The highest BCUT2D eigenvalue weighted by molar-refractivity contribution is 6.06. The molecule has 100 valence electrons. The van der Waals surface area contributed by atoms with Crippen molar-refractivity contribution in [2.24, 2.45) is 10.9 Å². The Morgan fingerprint density at radius 2 is 2.00 bits per heavy atom. The van der Waals surface area contributed by atoms with Gasteiger partial charge in [0, 0.05) is 10.9 Å². The molecular weight excluding hydrogens is 255 g/mol. The van der Waals surface area contributed by atoms with Crippen molar-refractivity contribution in [2.75, 3.05) is 0 Å². The Morgan fingerprint density at radius 3 is 2.68 bits per heavy atom. The number of alkyl halides is 3. The molecule has 2 aromatic rings. The Morgan fingerprint density at radius 1 is 1.21 bits per heavy atom. The first kappa shape index (κ1) is 12.1. The Kier molecular flexibility index (Phi) is 2.55. The van der Waals surface area contributed by atoms with Gasteiger partial charge in [-0.15, -0.1) is 0 Å². The van der Waals surface area contributed by atoms with E-state index in [9.17, 15) is 13.2 Å². The van der Waals surface area contributed by atoms with Crippen LogP contribution in [0, 0.1) is 0 Å². The number of nitrogens with two attached hydrogens (primary N) is 1. The van der Waals surface area contributed by atoms with Gasteiger partial charge in [0.15, 0.2) is 0 Å². The van der Waals surface area contributed by atoms with Crippen LogP contribution in [0.4, 0.5) is 13.2 Å². The smallest absolute Gasteiger partial charge is 0.353 e. The van der Waals surface area contributed by atoms with E-state index >= 15 is 0 Å². The molecule has 19 heavy (non-hydrogen) atoms. The van der Waals surface area contributed by atoms with Gasteiger partial charge in [-0.25, -0.2) is 0 Å². The number of fused-ring (bicyclic) bond motifs is 3. The summed E-state index contributed by atoms with van der Waals surface area (Å²) < 4.78 is 38.2. The minimum atomic E-state index is -4.32. The summed E-state index contributed by atoms with van der Waals surface area (Å²) in [5.74, 6) is 5.33. The lowest BCUT2D eigenvalue weighted by Crippen LogP contribution is -2.13. The summed E-state index contributed by atoms with van der Waals surface area (Å²) in [6.07, 6.45) is -1.97. The van der Waals surface area contributed by atoms with Gasteiger partial charge in [-0.3, -0.25) is 0 Å². The molecule has 0 unspecified atom stereocenters. The van der Waals surface area contributed by atoms with Gasteiger partial charge in [-0.2, -0.15) is 18.3 Å². The van der Waals surface area contributed by atoms with Crippen molar-refractivity contribution >= 4 is 16.6 Å². The molecule has 0 saturated carbocycles. The fraction of sp³-hybridized carbons (Fsp3) is 0.308. The van der Waals surface area contributed by atoms with E-state index < -0.39 is 11.7 Å². The maximum atomic E-state index is 12.7. The van der Waals surface area contributed by atoms with Crippen LogP contribution in [0.3, 0.4) is 0 Å². The van der Waals surface area contributed by atoms with Gasteiger partial charge in [0.25, 0.3) is 0 Å². The van der Waals surface area contributed by atoms with Gasteiger partial charge in [-0.1, -0.05) is 0 Å². The predicted octanol–water partition coefficient (Wildman–Crippen LogP) is 3.19. The zero-order valence-corrected chi connectivity index (χ0v) is 10.0. The maximum absolute atomic E-state index is 12.7. The topological polar surface area (TPSA) is 54.2 Å². The summed E-state index contributed by atoms with van der Waals surface area (Å²) in [6, 6.07) is 3.75. The Balaban J connectivity index is 2.24. The van der Waals surface area contributed by atoms with Gasteiger partial charge in [0.2, 0.25) is 0 Å². The van der Waals surface area contributed by atoms with E-state index in [1.807, 2.05) is 0 Å². The molecule has 1 aliphatic carbocycles. The molecule has 0 spiro atoms. The molecule has 0 atom stereocenters. The quantitative estimate of drug-likeness (QED) is 0.559. The van der Waals surface area contributed by atoms with Crippen molar-refractivity contribution in [1.82, 2.24) is 4.98 Å². The number of hydrazone groups is 1. The molecule has 3 nitrogen and oxygen atoms in total. The average Bonchev–Trinajstić information content (AvgIpc) is 2.75. The van der Waals surface area contributed by atoms with Crippen LogP contribution in [-0.2, 0) is 12.6 Å². The van der Waals surface area contributed by atoms with Crippen LogP contribution in [0.25, 0.3) is 10.9 Å². The normalized spacial score (nSPS) is 17.9. The number of hydrogen-bond donors (Lipinski definition) is 2. The van der Waals surface area contributed by atoms with Crippen LogP contribution >= 0.6 is 0 Å². The molecule has 0 aliphatic heterocycles. The van der Waals surface area contributed by atoms with Gasteiger partial charge in [0.05, 0.1) is 17.0 Å². The fourth-order valence-corrected chi connectivity index (χ4v) is 2.62. The van der Waals surface area contributed by atoms with Crippen molar-refractivity contribution in [3.8, 4) is 0 Å². The Hall–Kier alpha value is -1.98. The van der Waals surface area contributed by atoms with E-state index in [0.717, 1.165) is 42.3 Å². The minimum absolute atomic E-state index is 0.616. The van der Waals surface area contributed by atoms with Gasteiger partial charge < -0.3 is 10.8 Å². The molecule has 1 heterocycles. The van der Waals surface area contributed by atoms with Gasteiger partial charge in [-0.05, 0) is 43.0 Å². The van der Waals surface area contributed by atoms with Crippen LogP contribution in [0.2, 0.25) is 0 Å². The summed E-state index contributed by atoms with van der Waals surface area (Å²) in [5, 5.41) is 4.33. The first-order chi connectivity index (χ1) is 9.00. The lowest BCUT2D eigenvalue weighted by molar-refractivity contribution is -0.137. The number of aromatic amines is 1. The van der Waals surface area contributed by atoms with Crippen molar-refractivity contribution in [3.63, 3.8) is 0 Å². The maximum Gasteiger partial charge on any atom is 0.416 e. The Labute approximate surface area is 107 Å². The standard InChI is InChI=1S/C13H12F3N3/c14-13(15,16)7-4-5-10-9(6-7)8-2-1-3-11(19-17)12(8)18-10/h4-6,18H,1-3,17H2. The zero-order valence-electron chi connectivity index (χ0n) is 10.0. The van der Waals surface area contributed by atoms with Crippen LogP contribution < -0.4 is 5.84 Å². The van der Waals surface area contributed by atoms with Crippen LogP contribution in [-0.4, -0.2) is 10.7 Å². The molecule has 0 bridgehead atoms. The molecule has 3 rings (SSSR count). The summed E-state index contributed by atoms with van der Waals surface area (Å²) in [5.41, 5.74) is 2.46. The van der Waals surface area contributed by atoms with E-state index in [1.54, 1.807) is 0 Å². The number of benzene rings is 1. The van der Waals surface area contributed by atoms with Crippen LogP contribution in [0.15, 0.2) is 23.3 Å². The molecule has 1 aliphatic rings. The van der Waals surface area contributed by atoms with Crippen molar-refractivity contribution in [2.45, 2.75) is 25.4 Å². The fourth-order valence-electron chi connectivity index (χ4n) is 2.62. The highest BCUT2D eigenvalue weighted by Gasteiger charge is 2.31. The molecule has 3 N–H and O–H groups in total. The number of nitrogens with zero attached hydrogens (tertiary/aromatic N) is 1. The van der Waals surface area contributed by atoms with E-state index in [1.165, 1.54) is 12.1 Å². The van der Waals surface area contributed by atoms with Crippen molar-refractivity contribution in [1.29, 1.82) is 0 Å². The van der Waals surface area contributed by atoms with E-state index in [2.05, 4.69) is 10.1 Å². The number of aryl methyl sites for hydroxylation is 1. The third-order valence-electron chi connectivity index (χ3n) is 3.52. The average molecular weight is 267 g/mol. The predicted molar refractivity (Wildman–Crippen MR) is 67.0 cm³/mol. The molecule has 1 aromatic heterocycles. The number of H-pyrrole nitrogens is 1. The first-order valence-electron chi connectivity index (χ1n) is 5.99. The number of hydrogen-bond acceptors (Lipinski definition) is 2. The second-order valence-corrected chi connectivity index (χ2v) is 4.67. The Bertz CT molecular complexity index is 668. The minimum Gasteiger partial charge on any atom is -0.353 e. The third kappa shape index (κ3) is 1.87.